The van der Waals surface area contributed by atoms with Crippen molar-refractivity contribution < 1.29 is 24.2 Å². The van der Waals surface area contributed by atoms with E-state index in [1.54, 1.807) is 30.3 Å². The number of anilines is 1. The Bertz CT molecular complexity index is 1090. The number of carbonyl (C=O) groups excluding carboxylic acids is 2. The lowest BCUT2D eigenvalue weighted by molar-refractivity contribution is -0.144. The van der Waals surface area contributed by atoms with Crippen molar-refractivity contribution in [2.24, 2.45) is 0 Å². The first-order chi connectivity index (χ1) is 14.2. The summed E-state index contributed by atoms with van der Waals surface area (Å²) in [6.45, 7) is 1.40. The van der Waals surface area contributed by atoms with E-state index in [2.05, 4.69) is 5.32 Å². The number of benzene rings is 2. The Morgan fingerprint density at radius 1 is 1.20 bits per heavy atom. The van der Waals surface area contributed by atoms with E-state index in [0.29, 0.717) is 11.3 Å². The van der Waals surface area contributed by atoms with Crippen molar-refractivity contribution in [3.8, 4) is 5.75 Å². The molecule has 1 fully saturated rings. The molecule has 0 saturated carbocycles. The molecule has 1 heterocycles. The molecule has 0 bridgehead atoms. The Kier molecular flexibility index (Phi) is 6.40. The first-order valence-corrected chi connectivity index (χ1v) is 9.70. The van der Waals surface area contributed by atoms with Crippen molar-refractivity contribution in [1.82, 2.24) is 5.32 Å². The van der Waals surface area contributed by atoms with Gasteiger partial charge in [0, 0.05) is 0 Å². The maximum atomic E-state index is 13.0. The summed E-state index contributed by atoms with van der Waals surface area (Å²) >= 11 is 17.4. The van der Waals surface area contributed by atoms with Crippen LogP contribution in [0.15, 0.2) is 48.0 Å². The molecule has 30 heavy (non-hydrogen) atoms. The summed E-state index contributed by atoms with van der Waals surface area (Å²) in [5.74, 6) is -2.08. The summed E-state index contributed by atoms with van der Waals surface area (Å²) in [6, 6.07) is 11.0. The number of hydrogen-bond donors (Lipinski definition) is 2. The molecule has 1 saturated heterocycles. The predicted molar refractivity (Wildman–Crippen MR) is 117 cm³/mol. The topological polar surface area (TPSA) is 95.9 Å². The minimum Gasteiger partial charge on any atom is -0.479 e. The highest BCUT2D eigenvalue weighted by Crippen LogP contribution is 2.34. The van der Waals surface area contributed by atoms with Crippen molar-refractivity contribution in [2.45, 2.75) is 13.0 Å². The van der Waals surface area contributed by atoms with Gasteiger partial charge in [0.15, 0.2) is 11.2 Å². The summed E-state index contributed by atoms with van der Waals surface area (Å²) in [7, 11) is 0. The Hall–Kier alpha value is -2.94. The Balaban J connectivity index is 1.91. The maximum absolute atomic E-state index is 13.0. The minimum atomic E-state index is -1.10. The molecule has 3 rings (SSSR count). The summed E-state index contributed by atoms with van der Waals surface area (Å²) in [5, 5.41) is 11.6. The van der Waals surface area contributed by atoms with Crippen molar-refractivity contribution in [3.05, 3.63) is 63.6 Å². The van der Waals surface area contributed by atoms with E-state index in [4.69, 9.17) is 45.3 Å². The van der Waals surface area contributed by atoms with Gasteiger partial charge in [-0.25, -0.2) is 4.79 Å². The van der Waals surface area contributed by atoms with Crippen LogP contribution in [0.5, 0.6) is 5.75 Å². The van der Waals surface area contributed by atoms with E-state index in [-0.39, 0.29) is 26.4 Å². The van der Waals surface area contributed by atoms with Crippen molar-refractivity contribution in [3.63, 3.8) is 0 Å². The molecule has 0 aromatic heterocycles. The highest BCUT2D eigenvalue weighted by atomic mass is 35.5. The largest absolute Gasteiger partial charge is 0.479 e. The second kappa shape index (κ2) is 8.83. The first kappa shape index (κ1) is 21.8. The lowest BCUT2D eigenvalue weighted by Gasteiger charge is -2.29. The fraction of sp³-hybridized carbons (Fsp3) is 0.100. The second-order valence-corrected chi connectivity index (χ2v) is 7.37. The fourth-order valence-corrected chi connectivity index (χ4v) is 3.26. The van der Waals surface area contributed by atoms with E-state index in [1.165, 1.54) is 25.1 Å². The van der Waals surface area contributed by atoms with Gasteiger partial charge >= 0.3 is 5.97 Å². The highest BCUT2D eigenvalue weighted by molar-refractivity contribution is 7.80. The molecule has 1 atom stereocenters. The molecule has 7 nitrogen and oxygen atoms in total. The summed E-state index contributed by atoms with van der Waals surface area (Å²) < 4.78 is 5.26. The summed E-state index contributed by atoms with van der Waals surface area (Å²) in [6.07, 6.45) is 0.367. The van der Waals surface area contributed by atoms with Gasteiger partial charge in [0.25, 0.3) is 11.8 Å². The van der Waals surface area contributed by atoms with Crippen LogP contribution in [-0.4, -0.2) is 34.1 Å². The van der Waals surface area contributed by atoms with Crippen LogP contribution in [0.4, 0.5) is 5.69 Å². The number of thiocarbonyl (C=S) groups is 1. The number of carboxylic acid groups (broad SMARTS) is 1. The molecule has 1 aliphatic rings. The zero-order valence-electron chi connectivity index (χ0n) is 15.4. The van der Waals surface area contributed by atoms with Crippen LogP contribution in [0.3, 0.4) is 0 Å². The molecule has 1 aliphatic heterocycles. The van der Waals surface area contributed by atoms with Crippen molar-refractivity contribution >= 4 is 70.1 Å². The zero-order chi connectivity index (χ0) is 22.0. The van der Waals surface area contributed by atoms with Crippen molar-refractivity contribution in [1.29, 1.82) is 0 Å². The van der Waals surface area contributed by atoms with Gasteiger partial charge < -0.3 is 9.84 Å². The number of carboxylic acids is 1. The van der Waals surface area contributed by atoms with Crippen LogP contribution < -0.4 is 15.0 Å². The standard InChI is InChI=1S/C20H14Cl2N2O5S/c1-10(19(27)28)29-12-7-5-11(6-8-12)9-13-17(25)23-20(30)24(18(13)26)15-4-2-3-14(21)16(15)22/h2-10H,1H3,(H,27,28)(H,23,25,30)/b13-9-. The van der Waals surface area contributed by atoms with Crippen molar-refractivity contribution in [2.75, 3.05) is 4.90 Å². The lowest BCUT2D eigenvalue weighted by Crippen LogP contribution is -2.54. The lowest BCUT2D eigenvalue weighted by atomic mass is 10.1. The third-order valence-corrected chi connectivity index (χ3v) is 5.22. The van der Waals surface area contributed by atoms with Gasteiger partial charge in [-0.05, 0) is 55.0 Å². The van der Waals surface area contributed by atoms with E-state index >= 15 is 0 Å². The fourth-order valence-electron chi connectivity index (χ4n) is 2.61. The third-order valence-electron chi connectivity index (χ3n) is 4.13. The molecule has 0 radical (unpaired) electrons. The van der Waals surface area contributed by atoms with Crippen LogP contribution in [0.25, 0.3) is 6.08 Å². The quantitative estimate of drug-likeness (QED) is 0.398. The van der Waals surface area contributed by atoms with Gasteiger partial charge in [0.05, 0.1) is 15.7 Å². The number of ether oxygens (including phenoxy) is 1. The summed E-state index contributed by atoms with van der Waals surface area (Å²) in [5.41, 5.74) is 0.609. The number of halogens is 2. The van der Waals surface area contributed by atoms with Crippen LogP contribution >= 0.6 is 35.4 Å². The van der Waals surface area contributed by atoms with Crippen LogP contribution in [-0.2, 0) is 14.4 Å². The number of nitrogens with zero attached hydrogens (tertiary/aromatic N) is 1. The molecule has 0 aliphatic carbocycles. The molecule has 2 aromatic rings. The molecular formula is C20H14Cl2N2O5S. The monoisotopic (exact) mass is 464 g/mol. The summed E-state index contributed by atoms with van der Waals surface area (Å²) in [4.78, 5) is 37.4. The van der Waals surface area contributed by atoms with Gasteiger partial charge in [-0.3, -0.25) is 19.8 Å². The Morgan fingerprint density at radius 2 is 1.87 bits per heavy atom. The molecule has 154 valence electrons. The maximum Gasteiger partial charge on any atom is 0.344 e. The van der Waals surface area contributed by atoms with E-state index in [9.17, 15) is 14.4 Å². The number of amides is 2. The number of nitrogens with one attached hydrogen (secondary N) is 1. The number of hydrogen-bond acceptors (Lipinski definition) is 5. The van der Waals surface area contributed by atoms with Gasteiger partial charge in [-0.15, -0.1) is 0 Å². The first-order valence-electron chi connectivity index (χ1n) is 8.54. The van der Waals surface area contributed by atoms with Crippen LogP contribution in [0.1, 0.15) is 12.5 Å². The van der Waals surface area contributed by atoms with Gasteiger partial charge in [-0.2, -0.15) is 0 Å². The predicted octanol–water partition coefficient (Wildman–Crippen LogP) is 3.68. The second-order valence-electron chi connectivity index (χ2n) is 6.20. The molecule has 2 amide bonds. The van der Waals surface area contributed by atoms with E-state index < -0.39 is 23.9 Å². The van der Waals surface area contributed by atoms with Gasteiger partial charge in [0.2, 0.25) is 0 Å². The smallest absolute Gasteiger partial charge is 0.344 e. The van der Waals surface area contributed by atoms with E-state index in [1.807, 2.05) is 0 Å². The Morgan fingerprint density at radius 3 is 2.50 bits per heavy atom. The SMILES string of the molecule is CC(Oc1ccc(/C=C2/C(=O)NC(=S)N(c3cccc(Cl)c3Cl)C2=O)cc1)C(=O)O. The average molecular weight is 465 g/mol. The average Bonchev–Trinajstić information content (AvgIpc) is 2.69. The third kappa shape index (κ3) is 4.46. The van der Waals surface area contributed by atoms with Crippen LogP contribution in [0, 0.1) is 0 Å². The highest BCUT2D eigenvalue weighted by Gasteiger charge is 2.35. The number of carbonyl (C=O) groups is 3. The minimum absolute atomic E-state index is 0.113. The molecule has 10 heteroatoms. The molecular weight excluding hydrogens is 451 g/mol. The zero-order valence-corrected chi connectivity index (χ0v) is 17.7. The van der Waals surface area contributed by atoms with Gasteiger partial charge in [-0.1, -0.05) is 41.4 Å². The Labute approximate surface area is 186 Å². The van der Waals surface area contributed by atoms with Gasteiger partial charge in [0.1, 0.15) is 11.3 Å². The molecule has 1 unspecified atom stereocenters. The van der Waals surface area contributed by atoms with E-state index in [0.717, 1.165) is 4.90 Å². The number of rotatable bonds is 5. The van der Waals surface area contributed by atoms with Crippen LogP contribution in [0.2, 0.25) is 10.0 Å². The normalized spacial score (nSPS) is 16.4. The molecule has 2 N–H and O–H groups in total. The number of aliphatic carboxylic acids is 1. The molecule has 2 aromatic carbocycles. The molecule has 0 spiro atoms.